The van der Waals surface area contributed by atoms with Crippen LogP contribution in [0.5, 0.6) is 0 Å². The zero-order valence-corrected chi connectivity index (χ0v) is 8.79. The van der Waals surface area contributed by atoms with E-state index < -0.39 is 0 Å². The quantitative estimate of drug-likeness (QED) is 0.615. The van der Waals surface area contributed by atoms with Crippen LogP contribution >= 0.6 is 0 Å². The van der Waals surface area contributed by atoms with Gasteiger partial charge in [-0.1, -0.05) is 6.92 Å². The van der Waals surface area contributed by atoms with Crippen LogP contribution in [-0.4, -0.2) is 42.0 Å². The molecule has 5 heteroatoms. The second-order valence-corrected chi connectivity index (χ2v) is 3.45. The van der Waals surface area contributed by atoms with Crippen LogP contribution in [0.4, 0.5) is 0 Å². The first-order valence-corrected chi connectivity index (χ1v) is 4.87. The molecule has 0 aliphatic carbocycles. The van der Waals surface area contributed by atoms with E-state index in [0.717, 1.165) is 31.9 Å². The molecule has 0 aliphatic heterocycles. The molecule has 1 aromatic heterocycles. The van der Waals surface area contributed by atoms with Gasteiger partial charge in [0.1, 0.15) is 12.2 Å². The van der Waals surface area contributed by atoms with Crippen molar-refractivity contribution >= 4 is 0 Å². The first kappa shape index (κ1) is 11.1. The maximum atomic E-state index is 5.04. The molecule has 0 saturated carbocycles. The summed E-state index contributed by atoms with van der Waals surface area (Å²) in [7, 11) is 1.73. The SMILES string of the molecule is COCC(C)CNCCc1ncn[nH]1. The van der Waals surface area contributed by atoms with Gasteiger partial charge in [-0.2, -0.15) is 5.10 Å². The number of nitrogens with one attached hydrogen (secondary N) is 2. The molecule has 1 heterocycles. The van der Waals surface area contributed by atoms with Crippen LogP contribution < -0.4 is 5.32 Å². The fourth-order valence-corrected chi connectivity index (χ4v) is 1.25. The summed E-state index contributed by atoms with van der Waals surface area (Å²) < 4.78 is 5.04. The van der Waals surface area contributed by atoms with Gasteiger partial charge in [-0.15, -0.1) is 0 Å². The van der Waals surface area contributed by atoms with E-state index in [1.54, 1.807) is 7.11 Å². The van der Waals surface area contributed by atoms with Gasteiger partial charge in [0.05, 0.1) is 0 Å². The van der Waals surface area contributed by atoms with Gasteiger partial charge in [0.25, 0.3) is 0 Å². The smallest absolute Gasteiger partial charge is 0.137 e. The van der Waals surface area contributed by atoms with Crippen LogP contribution in [0.15, 0.2) is 6.33 Å². The van der Waals surface area contributed by atoms with Gasteiger partial charge in [-0.3, -0.25) is 5.10 Å². The van der Waals surface area contributed by atoms with Crippen molar-refractivity contribution in [2.24, 2.45) is 5.92 Å². The number of aromatic nitrogens is 3. The summed E-state index contributed by atoms with van der Waals surface area (Å²) >= 11 is 0. The summed E-state index contributed by atoms with van der Waals surface area (Å²) in [6.07, 6.45) is 2.42. The summed E-state index contributed by atoms with van der Waals surface area (Å²) in [6, 6.07) is 0. The van der Waals surface area contributed by atoms with Gasteiger partial charge in [-0.05, 0) is 12.5 Å². The lowest BCUT2D eigenvalue weighted by molar-refractivity contribution is 0.158. The number of aromatic amines is 1. The normalized spacial score (nSPS) is 13.0. The van der Waals surface area contributed by atoms with E-state index >= 15 is 0 Å². The molecule has 1 atom stereocenters. The lowest BCUT2D eigenvalue weighted by Gasteiger charge is -2.10. The van der Waals surface area contributed by atoms with E-state index in [4.69, 9.17) is 4.74 Å². The Hall–Kier alpha value is -0.940. The molecule has 80 valence electrons. The van der Waals surface area contributed by atoms with E-state index in [1.807, 2.05) is 0 Å². The van der Waals surface area contributed by atoms with Gasteiger partial charge in [0.2, 0.25) is 0 Å². The standard InChI is InChI=1S/C9H18N4O/c1-8(6-14-2)5-10-4-3-9-11-7-12-13-9/h7-8,10H,3-6H2,1-2H3,(H,11,12,13). The van der Waals surface area contributed by atoms with Gasteiger partial charge >= 0.3 is 0 Å². The third-order valence-corrected chi connectivity index (χ3v) is 1.95. The molecule has 5 nitrogen and oxygen atoms in total. The molecule has 0 amide bonds. The fourth-order valence-electron chi connectivity index (χ4n) is 1.25. The Labute approximate surface area is 84.3 Å². The summed E-state index contributed by atoms with van der Waals surface area (Å²) in [4.78, 5) is 4.04. The van der Waals surface area contributed by atoms with Crippen LogP contribution in [0.1, 0.15) is 12.7 Å². The molecular weight excluding hydrogens is 180 g/mol. The number of hydrogen-bond donors (Lipinski definition) is 2. The maximum absolute atomic E-state index is 5.04. The minimum Gasteiger partial charge on any atom is -0.384 e. The van der Waals surface area contributed by atoms with Crippen LogP contribution in [0.2, 0.25) is 0 Å². The Balaban J connectivity index is 1.99. The second-order valence-electron chi connectivity index (χ2n) is 3.45. The topological polar surface area (TPSA) is 62.8 Å². The molecule has 0 fully saturated rings. The highest BCUT2D eigenvalue weighted by Crippen LogP contribution is 1.92. The molecule has 1 rings (SSSR count). The highest BCUT2D eigenvalue weighted by Gasteiger charge is 2.00. The Morgan fingerprint density at radius 2 is 2.50 bits per heavy atom. The number of hydrogen-bond acceptors (Lipinski definition) is 4. The molecule has 14 heavy (non-hydrogen) atoms. The summed E-state index contributed by atoms with van der Waals surface area (Å²) in [5.41, 5.74) is 0. The van der Waals surface area contributed by atoms with Gasteiger partial charge in [0, 0.05) is 26.7 Å². The van der Waals surface area contributed by atoms with Crippen molar-refractivity contribution in [1.82, 2.24) is 20.5 Å². The third-order valence-electron chi connectivity index (χ3n) is 1.95. The van der Waals surface area contributed by atoms with Crippen molar-refractivity contribution in [3.63, 3.8) is 0 Å². The number of nitrogens with zero attached hydrogens (tertiary/aromatic N) is 2. The molecule has 0 saturated heterocycles. The van der Waals surface area contributed by atoms with E-state index in [2.05, 4.69) is 27.4 Å². The Kier molecular flexibility index (Phi) is 5.17. The first-order valence-electron chi connectivity index (χ1n) is 4.87. The Bertz CT molecular complexity index is 225. The predicted octanol–water partition coefficient (Wildman–Crippen LogP) is 0.219. The monoisotopic (exact) mass is 198 g/mol. The van der Waals surface area contributed by atoms with Crippen molar-refractivity contribution < 1.29 is 4.74 Å². The number of H-pyrrole nitrogens is 1. The number of rotatable bonds is 7. The zero-order chi connectivity index (χ0) is 10.2. The van der Waals surface area contributed by atoms with Crippen molar-refractivity contribution in [2.45, 2.75) is 13.3 Å². The lowest BCUT2D eigenvalue weighted by Crippen LogP contribution is -2.25. The molecule has 1 aromatic rings. The third kappa shape index (κ3) is 4.34. The van der Waals surface area contributed by atoms with Gasteiger partial charge in [0.15, 0.2) is 0 Å². The molecule has 0 aromatic carbocycles. The van der Waals surface area contributed by atoms with Crippen molar-refractivity contribution in [3.8, 4) is 0 Å². The largest absolute Gasteiger partial charge is 0.384 e. The van der Waals surface area contributed by atoms with Crippen LogP contribution in [-0.2, 0) is 11.2 Å². The molecule has 0 bridgehead atoms. The van der Waals surface area contributed by atoms with Crippen molar-refractivity contribution in [3.05, 3.63) is 12.2 Å². The zero-order valence-electron chi connectivity index (χ0n) is 8.79. The minimum atomic E-state index is 0.551. The number of methoxy groups -OCH3 is 1. The van der Waals surface area contributed by atoms with Crippen molar-refractivity contribution in [1.29, 1.82) is 0 Å². The Morgan fingerprint density at radius 1 is 1.64 bits per heavy atom. The predicted molar refractivity (Wildman–Crippen MR) is 54.0 cm³/mol. The second kappa shape index (κ2) is 6.50. The van der Waals surface area contributed by atoms with Crippen LogP contribution in [0.25, 0.3) is 0 Å². The highest BCUT2D eigenvalue weighted by atomic mass is 16.5. The minimum absolute atomic E-state index is 0.551. The maximum Gasteiger partial charge on any atom is 0.137 e. The molecular formula is C9H18N4O. The lowest BCUT2D eigenvalue weighted by atomic mass is 10.2. The molecule has 0 spiro atoms. The van der Waals surface area contributed by atoms with Crippen molar-refractivity contribution in [2.75, 3.05) is 26.8 Å². The molecule has 2 N–H and O–H groups in total. The van der Waals surface area contributed by atoms with E-state index in [9.17, 15) is 0 Å². The molecule has 0 radical (unpaired) electrons. The van der Waals surface area contributed by atoms with E-state index in [1.165, 1.54) is 6.33 Å². The summed E-state index contributed by atoms with van der Waals surface area (Å²) in [6.45, 7) is 4.85. The first-order chi connectivity index (χ1) is 6.83. The average Bonchev–Trinajstić information content (AvgIpc) is 2.65. The van der Waals surface area contributed by atoms with Crippen LogP contribution in [0.3, 0.4) is 0 Å². The van der Waals surface area contributed by atoms with E-state index in [0.29, 0.717) is 5.92 Å². The molecule has 1 unspecified atom stereocenters. The van der Waals surface area contributed by atoms with Crippen LogP contribution in [0, 0.1) is 5.92 Å². The van der Waals surface area contributed by atoms with E-state index in [-0.39, 0.29) is 0 Å². The van der Waals surface area contributed by atoms with Gasteiger partial charge in [-0.25, -0.2) is 4.98 Å². The fraction of sp³-hybridized carbons (Fsp3) is 0.778. The molecule has 0 aliphatic rings. The summed E-state index contributed by atoms with van der Waals surface area (Å²) in [5.74, 6) is 1.48. The van der Waals surface area contributed by atoms with Gasteiger partial charge < -0.3 is 10.1 Å². The number of ether oxygens (including phenoxy) is 1. The highest BCUT2D eigenvalue weighted by molar-refractivity contribution is 4.80. The Morgan fingerprint density at radius 3 is 3.14 bits per heavy atom. The summed E-state index contributed by atoms with van der Waals surface area (Å²) in [5, 5.41) is 9.95. The average molecular weight is 198 g/mol.